The monoisotopic (exact) mass is 292 g/mol. The van der Waals surface area contributed by atoms with Gasteiger partial charge < -0.3 is 9.30 Å². The topological polar surface area (TPSA) is 27.1 Å². The summed E-state index contributed by atoms with van der Waals surface area (Å²) in [7, 11) is 1.80. The van der Waals surface area contributed by atoms with Gasteiger partial charge in [0.15, 0.2) is 0 Å². The van der Waals surface area contributed by atoms with Crippen molar-refractivity contribution in [2.24, 2.45) is 0 Å². The normalized spacial score (nSPS) is 24.4. The molecule has 0 amide bonds. The van der Waals surface area contributed by atoms with Crippen LogP contribution < -0.4 is 0 Å². The number of ether oxygens (including phenoxy) is 1. The molecular formula is C16H21ClN2O. The van der Waals surface area contributed by atoms with E-state index in [-0.39, 0.29) is 11.5 Å². The van der Waals surface area contributed by atoms with Crippen LogP contribution in [0.1, 0.15) is 49.0 Å². The summed E-state index contributed by atoms with van der Waals surface area (Å²) in [6.07, 6.45) is 3.71. The Hall–Kier alpha value is -1.06. The second kappa shape index (κ2) is 5.38. The van der Waals surface area contributed by atoms with Crippen LogP contribution in [0.15, 0.2) is 18.2 Å². The number of benzene rings is 1. The minimum absolute atomic E-state index is 0.0965. The molecule has 1 saturated carbocycles. The fourth-order valence-electron chi connectivity index (χ4n) is 3.33. The Morgan fingerprint density at radius 2 is 2.20 bits per heavy atom. The maximum absolute atomic E-state index is 6.36. The van der Waals surface area contributed by atoms with Crippen molar-refractivity contribution in [2.75, 3.05) is 7.11 Å². The van der Waals surface area contributed by atoms with Gasteiger partial charge in [-0.1, -0.05) is 6.07 Å². The van der Waals surface area contributed by atoms with Gasteiger partial charge in [0.1, 0.15) is 5.82 Å². The number of imidazole rings is 1. The van der Waals surface area contributed by atoms with Crippen LogP contribution >= 0.6 is 11.6 Å². The minimum atomic E-state index is -0.0965. The second-order valence-corrected chi connectivity index (χ2v) is 6.38. The second-order valence-electron chi connectivity index (χ2n) is 5.72. The first kappa shape index (κ1) is 13.9. The fraction of sp³-hybridized carbons (Fsp3) is 0.562. The van der Waals surface area contributed by atoms with Crippen molar-refractivity contribution in [3.05, 3.63) is 29.6 Å². The van der Waals surface area contributed by atoms with Gasteiger partial charge in [0, 0.05) is 7.11 Å². The number of halogens is 1. The quantitative estimate of drug-likeness (QED) is 0.785. The molecule has 0 saturated heterocycles. The molecule has 1 aromatic heterocycles. The van der Waals surface area contributed by atoms with Gasteiger partial charge in [-0.25, -0.2) is 4.98 Å². The number of methoxy groups -OCH3 is 1. The van der Waals surface area contributed by atoms with Crippen molar-refractivity contribution in [3.63, 3.8) is 0 Å². The molecule has 2 aromatic rings. The van der Waals surface area contributed by atoms with E-state index in [4.69, 9.17) is 21.3 Å². The summed E-state index contributed by atoms with van der Waals surface area (Å²) in [4.78, 5) is 4.76. The predicted octanol–water partition coefficient (Wildman–Crippen LogP) is 4.38. The van der Waals surface area contributed by atoms with E-state index in [2.05, 4.69) is 29.7 Å². The molecule has 20 heavy (non-hydrogen) atoms. The Balaban J connectivity index is 2.18. The number of aryl methyl sites for hydroxylation is 1. The fourth-order valence-corrected chi connectivity index (χ4v) is 3.49. The average Bonchev–Trinajstić information content (AvgIpc) is 3.00. The number of hydrogen-bond acceptors (Lipinski definition) is 2. The van der Waals surface area contributed by atoms with Crippen molar-refractivity contribution >= 4 is 22.6 Å². The van der Waals surface area contributed by atoms with Crippen molar-refractivity contribution in [2.45, 2.75) is 50.6 Å². The van der Waals surface area contributed by atoms with E-state index >= 15 is 0 Å². The van der Waals surface area contributed by atoms with E-state index in [0.717, 1.165) is 24.2 Å². The largest absolute Gasteiger partial charge is 0.379 e. The van der Waals surface area contributed by atoms with Gasteiger partial charge in [-0.05, 0) is 50.8 Å². The maximum Gasteiger partial charge on any atom is 0.128 e. The first-order valence-corrected chi connectivity index (χ1v) is 7.71. The lowest BCUT2D eigenvalue weighted by molar-refractivity contribution is 0.0753. The SMILES string of the molecule is COC1CCCC1n1c(C(C)Cl)nc2cc(C)ccc21. The van der Waals surface area contributed by atoms with Gasteiger partial charge in [-0.3, -0.25) is 0 Å². The Bertz CT molecular complexity index is 620. The minimum Gasteiger partial charge on any atom is -0.379 e. The molecule has 3 nitrogen and oxygen atoms in total. The number of fused-ring (bicyclic) bond motifs is 1. The van der Waals surface area contributed by atoms with Gasteiger partial charge >= 0.3 is 0 Å². The summed E-state index contributed by atoms with van der Waals surface area (Å²) in [5, 5.41) is -0.0965. The van der Waals surface area contributed by atoms with Crippen LogP contribution in [0, 0.1) is 6.92 Å². The summed E-state index contributed by atoms with van der Waals surface area (Å²) in [5.41, 5.74) is 3.44. The lowest BCUT2D eigenvalue weighted by Crippen LogP contribution is -2.22. The number of rotatable bonds is 3. The highest BCUT2D eigenvalue weighted by Crippen LogP contribution is 2.38. The Morgan fingerprint density at radius 1 is 1.40 bits per heavy atom. The van der Waals surface area contributed by atoms with Crippen molar-refractivity contribution < 1.29 is 4.74 Å². The molecule has 1 heterocycles. The number of alkyl halides is 1. The first-order valence-electron chi connectivity index (χ1n) is 7.27. The third kappa shape index (κ3) is 2.23. The highest BCUT2D eigenvalue weighted by Gasteiger charge is 2.32. The van der Waals surface area contributed by atoms with E-state index in [9.17, 15) is 0 Å². The van der Waals surface area contributed by atoms with E-state index in [1.54, 1.807) is 7.11 Å². The first-order chi connectivity index (χ1) is 9.61. The van der Waals surface area contributed by atoms with E-state index in [1.807, 2.05) is 6.92 Å². The molecule has 0 aliphatic heterocycles. The van der Waals surface area contributed by atoms with E-state index in [0.29, 0.717) is 6.04 Å². The summed E-state index contributed by atoms with van der Waals surface area (Å²) in [6.45, 7) is 4.08. The molecule has 0 N–H and O–H groups in total. The smallest absolute Gasteiger partial charge is 0.128 e. The van der Waals surface area contributed by atoms with Gasteiger partial charge in [0.05, 0.1) is 28.6 Å². The van der Waals surface area contributed by atoms with Crippen LogP contribution in [0.4, 0.5) is 0 Å². The molecule has 1 aliphatic carbocycles. The summed E-state index contributed by atoms with van der Waals surface area (Å²) in [5.74, 6) is 0.959. The van der Waals surface area contributed by atoms with Crippen LogP contribution in [0.2, 0.25) is 0 Å². The molecule has 4 heteroatoms. The van der Waals surface area contributed by atoms with Gasteiger partial charge in [0.2, 0.25) is 0 Å². The van der Waals surface area contributed by atoms with Crippen molar-refractivity contribution in [1.82, 2.24) is 9.55 Å². The molecule has 3 unspecified atom stereocenters. The van der Waals surface area contributed by atoms with Gasteiger partial charge in [0.25, 0.3) is 0 Å². The highest BCUT2D eigenvalue weighted by atomic mass is 35.5. The average molecular weight is 293 g/mol. The molecule has 3 rings (SSSR count). The maximum atomic E-state index is 6.36. The molecule has 108 valence electrons. The Kier molecular flexibility index (Phi) is 3.74. The third-order valence-corrected chi connectivity index (χ3v) is 4.48. The third-order valence-electron chi connectivity index (χ3n) is 4.28. The van der Waals surface area contributed by atoms with Gasteiger partial charge in [-0.15, -0.1) is 11.6 Å². The predicted molar refractivity (Wildman–Crippen MR) is 82.4 cm³/mol. The van der Waals surface area contributed by atoms with Crippen LogP contribution in [-0.4, -0.2) is 22.8 Å². The number of nitrogens with zero attached hydrogens (tertiary/aromatic N) is 2. The Morgan fingerprint density at radius 3 is 2.90 bits per heavy atom. The summed E-state index contributed by atoms with van der Waals surface area (Å²) < 4.78 is 7.98. The summed E-state index contributed by atoms with van der Waals surface area (Å²) in [6, 6.07) is 6.78. The van der Waals surface area contributed by atoms with Crippen LogP contribution in [0.3, 0.4) is 0 Å². The zero-order valence-electron chi connectivity index (χ0n) is 12.3. The van der Waals surface area contributed by atoms with E-state index in [1.165, 1.54) is 17.5 Å². The molecule has 1 aliphatic rings. The molecule has 1 fully saturated rings. The van der Waals surface area contributed by atoms with Crippen molar-refractivity contribution in [3.8, 4) is 0 Å². The molecular weight excluding hydrogens is 272 g/mol. The molecule has 0 bridgehead atoms. The van der Waals surface area contributed by atoms with Crippen molar-refractivity contribution in [1.29, 1.82) is 0 Å². The van der Waals surface area contributed by atoms with Crippen LogP contribution in [0.5, 0.6) is 0 Å². The lowest BCUT2D eigenvalue weighted by atomic mass is 10.1. The van der Waals surface area contributed by atoms with Gasteiger partial charge in [-0.2, -0.15) is 0 Å². The standard InChI is InChI=1S/C16H21ClN2O/c1-10-7-8-13-12(9-10)18-16(11(2)17)19(13)14-5-4-6-15(14)20-3/h7-9,11,14-15H,4-6H2,1-3H3. The molecule has 3 atom stereocenters. The zero-order chi connectivity index (χ0) is 14.3. The molecule has 0 radical (unpaired) electrons. The number of hydrogen-bond donors (Lipinski definition) is 0. The highest BCUT2D eigenvalue weighted by molar-refractivity contribution is 6.20. The molecule has 1 aromatic carbocycles. The zero-order valence-corrected chi connectivity index (χ0v) is 13.0. The van der Waals surface area contributed by atoms with Crippen LogP contribution in [0.25, 0.3) is 11.0 Å². The molecule has 0 spiro atoms. The van der Waals surface area contributed by atoms with Crippen LogP contribution in [-0.2, 0) is 4.74 Å². The summed E-state index contributed by atoms with van der Waals surface area (Å²) >= 11 is 6.36. The Labute approximate surface area is 124 Å². The lowest BCUT2D eigenvalue weighted by Gasteiger charge is -2.23. The number of aromatic nitrogens is 2. The van der Waals surface area contributed by atoms with E-state index < -0.39 is 0 Å².